The summed E-state index contributed by atoms with van der Waals surface area (Å²) in [7, 11) is 0. The summed E-state index contributed by atoms with van der Waals surface area (Å²) in [4.78, 5) is 0. The van der Waals surface area contributed by atoms with Gasteiger partial charge in [-0.1, -0.05) is 0 Å². The van der Waals surface area contributed by atoms with Gasteiger partial charge in [-0.2, -0.15) is 0 Å². The number of allylic oxidation sites excluding steroid dienone is 5. The number of hydrogen-bond acceptors (Lipinski definition) is 1. The summed E-state index contributed by atoms with van der Waals surface area (Å²) in [5, 5.41) is 0. The summed E-state index contributed by atoms with van der Waals surface area (Å²) >= 11 is -1.84. The van der Waals surface area contributed by atoms with Crippen molar-refractivity contribution in [1.82, 2.24) is 0 Å². The second kappa shape index (κ2) is 7.33. The predicted octanol–water partition coefficient (Wildman–Crippen LogP) is 7.11. The fourth-order valence-corrected chi connectivity index (χ4v) is 25.4. The Hall–Kier alpha value is -1.18. The average Bonchev–Trinajstić information content (AvgIpc) is 3.34. The van der Waals surface area contributed by atoms with E-state index in [0.717, 1.165) is 3.63 Å². The monoisotopic (exact) mass is 450 g/mol. The van der Waals surface area contributed by atoms with Crippen molar-refractivity contribution in [2.45, 2.75) is 48.0 Å². The molecule has 0 spiro atoms. The first-order valence-electron chi connectivity index (χ1n) is 9.77. The van der Waals surface area contributed by atoms with Gasteiger partial charge in [-0.15, -0.1) is 0 Å². The minimum atomic E-state index is -1.84. The van der Waals surface area contributed by atoms with Crippen molar-refractivity contribution in [1.29, 1.82) is 0 Å². The van der Waals surface area contributed by atoms with Gasteiger partial charge in [0.05, 0.1) is 0 Å². The number of furan rings is 1. The molecule has 2 aliphatic rings. The van der Waals surface area contributed by atoms with Gasteiger partial charge >= 0.3 is 172 Å². The van der Waals surface area contributed by atoms with Crippen molar-refractivity contribution in [3.8, 4) is 0 Å². The van der Waals surface area contributed by atoms with Crippen LogP contribution in [0.3, 0.4) is 0 Å². The van der Waals surface area contributed by atoms with Crippen LogP contribution in [-0.4, -0.2) is 5.43 Å². The Bertz CT molecular complexity index is 1010. The van der Waals surface area contributed by atoms with E-state index in [0.29, 0.717) is 3.63 Å². The normalized spacial score (nSPS) is 19.6. The molecule has 1 aromatic carbocycles. The molecule has 2 aliphatic carbocycles. The molecule has 1 atom stereocenters. The molecule has 0 saturated carbocycles. The predicted molar refractivity (Wildman–Crippen MR) is 113 cm³/mol. The van der Waals surface area contributed by atoms with Gasteiger partial charge in [-0.05, 0) is 0 Å². The molecule has 1 nitrogen and oxygen atoms in total. The molecule has 1 unspecified atom stereocenters. The number of benzene rings is 1. The summed E-state index contributed by atoms with van der Waals surface area (Å²) in [5.41, 5.74) is 11.8. The Labute approximate surface area is 171 Å². The van der Waals surface area contributed by atoms with E-state index in [4.69, 9.17) is 4.42 Å². The van der Waals surface area contributed by atoms with Gasteiger partial charge in [-0.25, -0.2) is 0 Å². The third-order valence-corrected chi connectivity index (χ3v) is 26.3. The molecule has 0 saturated heterocycles. The first-order valence-corrected chi connectivity index (χ1v) is 18.8. The maximum atomic E-state index is 5.41. The van der Waals surface area contributed by atoms with E-state index in [9.17, 15) is 0 Å². The Balaban J connectivity index is 1.90. The summed E-state index contributed by atoms with van der Waals surface area (Å²) in [6.45, 7) is 14.6. The van der Waals surface area contributed by atoms with Crippen molar-refractivity contribution in [2.24, 2.45) is 0 Å². The summed E-state index contributed by atoms with van der Waals surface area (Å²) < 4.78 is 6.86. The van der Waals surface area contributed by atoms with Gasteiger partial charge in [0, 0.05) is 0 Å². The van der Waals surface area contributed by atoms with Crippen molar-refractivity contribution in [2.75, 3.05) is 0 Å². The second-order valence-electron chi connectivity index (χ2n) is 8.16. The third-order valence-electron chi connectivity index (χ3n) is 6.59. The molecular formula is C24H28OSiZr. The molecule has 0 radical (unpaired) electrons. The van der Waals surface area contributed by atoms with E-state index in [2.05, 4.69) is 77.2 Å². The third kappa shape index (κ3) is 3.08. The van der Waals surface area contributed by atoms with Crippen molar-refractivity contribution < 1.29 is 24.8 Å². The summed E-state index contributed by atoms with van der Waals surface area (Å²) in [6.07, 6.45) is 6.31. The standard InChI is InChI=1S/C13H9O.C9H13.C2H6Si.Zr/c1-2-4-12-10(3-1)5-6-13(12)11-7-8-14-9-11;1-6-5-7(2)9(4)8(6)3;1-3-2;/h1-9H;5H,1-4H3;1-2H3;. The van der Waals surface area contributed by atoms with Crippen molar-refractivity contribution in [3.63, 3.8) is 0 Å². The van der Waals surface area contributed by atoms with Gasteiger partial charge in [0.15, 0.2) is 0 Å². The molecule has 1 aromatic heterocycles. The molecule has 0 N–H and O–H groups in total. The molecule has 27 heavy (non-hydrogen) atoms. The minimum absolute atomic E-state index is 0.323. The van der Waals surface area contributed by atoms with Gasteiger partial charge in [0.25, 0.3) is 0 Å². The molecule has 0 fully saturated rings. The molecule has 4 rings (SSSR count). The zero-order valence-electron chi connectivity index (χ0n) is 17.2. The Kier molecular flexibility index (Phi) is 5.20. The molecule has 2 aromatic rings. The SMILES string of the molecule is CC1=C(C)[CH]([Zr]([CH]2C=C(c3ccoc3)c3ccccc32)=[Si](C)C)C(C)=C1C. The molecule has 0 aliphatic heterocycles. The van der Waals surface area contributed by atoms with Crippen LogP contribution in [0.4, 0.5) is 0 Å². The van der Waals surface area contributed by atoms with Crippen LogP contribution in [0.2, 0.25) is 16.7 Å². The van der Waals surface area contributed by atoms with Gasteiger partial charge in [-0.3, -0.25) is 0 Å². The van der Waals surface area contributed by atoms with Crippen LogP contribution in [-0.2, 0) is 20.4 Å². The van der Waals surface area contributed by atoms with Gasteiger partial charge < -0.3 is 0 Å². The summed E-state index contributed by atoms with van der Waals surface area (Å²) in [6, 6.07) is 11.2. The van der Waals surface area contributed by atoms with Gasteiger partial charge in [0.2, 0.25) is 0 Å². The van der Waals surface area contributed by atoms with Crippen molar-refractivity contribution in [3.05, 3.63) is 87.9 Å². The van der Waals surface area contributed by atoms with Crippen LogP contribution in [0.1, 0.15) is 48.0 Å². The van der Waals surface area contributed by atoms with Crippen LogP contribution < -0.4 is 0 Å². The first-order chi connectivity index (χ1) is 12.9. The topological polar surface area (TPSA) is 13.1 Å². The van der Waals surface area contributed by atoms with Crippen LogP contribution in [0.15, 0.2) is 75.6 Å². The number of fused-ring (bicyclic) bond motifs is 1. The van der Waals surface area contributed by atoms with Crippen LogP contribution in [0.5, 0.6) is 0 Å². The molecule has 3 heteroatoms. The average molecular weight is 452 g/mol. The van der Waals surface area contributed by atoms with Gasteiger partial charge in [0.1, 0.15) is 0 Å². The Morgan fingerprint density at radius 1 is 0.926 bits per heavy atom. The van der Waals surface area contributed by atoms with E-state index in [1.807, 2.05) is 6.26 Å². The molecular weight excluding hydrogens is 424 g/mol. The maximum absolute atomic E-state index is 5.41. The fraction of sp³-hybridized carbons (Fsp3) is 0.333. The Morgan fingerprint density at radius 3 is 2.19 bits per heavy atom. The van der Waals surface area contributed by atoms with E-state index in [1.54, 1.807) is 34.1 Å². The molecule has 138 valence electrons. The zero-order chi connectivity index (χ0) is 19.3. The molecule has 0 amide bonds. The first kappa shape index (κ1) is 19.2. The van der Waals surface area contributed by atoms with E-state index < -0.39 is 20.4 Å². The van der Waals surface area contributed by atoms with Crippen molar-refractivity contribution >= 4 is 11.0 Å². The second-order valence-corrected chi connectivity index (χ2v) is 26.1. The molecule has 1 heterocycles. The molecule has 0 bridgehead atoms. The van der Waals surface area contributed by atoms with E-state index in [1.165, 1.54) is 16.7 Å². The Morgan fingerprint density at radius 2 is 1.59 bits per heavy atom. The van der Waals surface area contributed by atoms with Crippen LogP contribution >= 0.6 is 0 Å². The van der Waals surface area contributed by atoms with E-state index >= 15 is 0 Å². The van der Waals surface area contributed by atoms with Crippen LogP contribution in [0.25, 0.3) is 5.57 Å². The van der Waals surface area contributed by atoms with E-state index in [-0.39, 0.29) is 5.43 Å². The number of rotatable bonds is 3. The fourth-order valence-electron chi connectivity index (χ4n) is 4.88. The number of hydrogen-bond donors (Lipinski definition) is 0. The quantitative estimate of drug-likeness (QED) is 0.453. The summed E-state index contributed by atoms with van der Waals surface area (Å²) in [5.74, 6) is 0. The zero-order valence-corrected chi connectivity index (χ0v) is 20.6. The van der Waals surface area contributed by atoms with Crippen LogP contribution in [0, 0.1) is 0 Å².